The van der Waals surface area contributed by atoms with E-state index in [-0.39, 0.29) is 0 Å². The Labute approximate surface area is 170 Å². The van der Waals surface area contributed by atoms with E-state index in [2.05, 4.69) is 9.50 Å². The second-order valence-corrected chi connectivity index (χ2v) is 7.81. The third-order valence-electron chi connectivity index (χ3n) is 4.59. The minimum absolute atomic E-state index is 0.660. The highest BCUT2D eigenvalue weighted by atomic mass is 32.3. The minimum atomic E-state index is -5.15. The zero-order valence-corrected chi connectivity index (χ0v) is 16.4. The van der Waals surface area contributed by atoms with Gasteiger partial charge in [0.25, 0.3) is 0 Å². The van der Waals surface area contributed by atoms with Crippen LogP contribution in [0.4, 0.5) is 0 Å². The molecule has 0 aliphatic carbocycles. The molecule has 10 atom stereocenters. The molecule has 30 heavy (non-hydrogen) atoms. The maximum Gasteiger partial charge on any atom is 0.397 e. The fraction of sp³-hybridized carbons (Fsp3) is 0.929. The number of aliphatic hydroxyl groups is 6. The summed E-state index contributed by atoms with van der Waals surface area (Å²) >= 11 is 0. The minimum Gasteiger partial charge on any atom is -0.394 e. The zero-order chi connectivity index (χ0) is 22.8. The Morgan fingerprint density at radius 3 is 2.00 bits per heavy atom. The van der Waals surface area contributed by atoms with Gasteiger partial charge in [-0.1, -0.05) is 0 Å². The lowest BCUT2D eigenvalue weighted by Gasteiger charge is -2.46. The van der Waals surface area contributed by atoms with Crippen LogP contribution in [0.3, 0.4) is 0 Å². The van der Waals surface area contributed by atoms with Crippen LogP contribution in [0.5, 0.6) is 0 Å². The maximum absolute atomic E-state index is 11.4. The van der Waals surface area contributed by atoms with Crippen molar-refractivity contribution < 1.29 is 66.8 Å². The molecule has 0 unspecified atom stereocenters. The second-order valence-electron chi connectivity index (χ2n) is 6.76. The maximum atomic E-state index is 11.4. The lowest BCUT2D eigenvalue weighted by Crippen LogP contribution is -2.67. The van der Waals surface area contributed by atoms with Crippen molar-refractivity contribution in [1.82, 2.24) is 5.32 Å². The Kier molecular flexibility index (Phi) is 8.47. The summed E-state index contributed by atoms with van der Waals surface area (Å²) in [4.78, 5) is 11.4. The van der Waals surface area contributed by atoms with Crippen molar-refractivity contribution in [2.24, 2.45) is 0 Å². The highest BCUT2D eigenvalue weighted by Crippen LogP contribution is 2.30. The average Bonchev–Trinajstić information content (AvgIpc) is 2.64. The van der Waals surface area contributed by atoms with Crippen molar-refractivity contribution in [2.45, 2.75) is 68.3 Å². The van der Waals surface area contributed by atoms with Gasteiger partial charge in [0.1, 0.15) is 48.8 Å². The van der Waals surface area contributed by atoms with E-state index in [1.54, 1.807) is 0 Å². The van der Waals surface area contributed by atoms with Crippen LogP contribution in [-0.2, 0) is 33.6 Å². The third-order valence-corrected chi connectivity index (χ3v) is 5.05. The van der Waals surface area contributed by atoms with Gasteiger partial charge >= 0.3 is 10.4 Å². The van der Waals surface area contributed by atoms with Gasteiger partial charge < -0.3 is 50.2 Å². The standard InChI is InChI=1S/C14H25NO14S/c1-4(18)15-7-11(8(19)5(2-16)26-13(7)22)28-14-10(21)12(29-30(23,24)25)9(20)6(3-17)27-14/h5-14,16-17,19-22H,2-3H2,1H3,(H,15,18)(H,23,24,25)/t5-,6-,7-,8-,9-,10-,11+,12-,13-,14-/m0/s1. The van der Waals surface area contributed by atoms with Gasteiger partial charge in [0, 0.05) is 6.92 Å². The first kappa shape index (κ1) is 25.2. The van der Waals surface area contributed by atoms with Crippen molar-refractivity contribution in [3.63, 3.8) is 0 Å². The number of hydrogen-bond acceptors (Lipinski definition) is 13. The van der Waals surface area contributed by atoms with Gasteiger partial charge in [-0.3, -0.25) is 9.35 Å². The summed E-state index contributed by atoms with van der Waals surface area (Å²) in [6.45, 7) is -0.549. The van der Waals surface area contributed by atoms with Crippen LogP contribution in [0, 0.1) is 0 Å². The van der Waals surface area contributed by atoms with E-state index >= 15 is 0 Å². The van der Waals surface area contributed by atoms with Crippen molar-refractivity contribution in [1.29, 1.82) is 0 Å². The van der Waals surface area contributed by atoms with Crippen LogP contribution in [0.15, 0.2) is 0 Å². The summed E-state index contributed by atoms with van der Waals surface area (Å²) in [5.74, 6) is -0.660. The number of ether oxygens (including phenoxy) is 3. The van der Waals surface area contributed by atoms with E-state index in [0.717, 1.165) is 6.92 Å². The van der Waals surface area contributed by atoms with E-state index in [1.807, 2.05) is 0 Å². The Balaban J connectivity index is 2.30. The van der Waals surface area contributed by atoms with E-state index in [9.17, 15) is 43.9 Å². The van der Waals surface area contributed by atoms with Crippen LogP contribution >= 0.6 is 0 Å². The topological polar surface area (TPSA) is 242 Å². The largest absolute Gasteiger partial charge is 0.397 e. The van der Waals surface area contributed by atoms with Crippen molar-refractivity contribution in [2.75, 3.05) is 13.2 Å². The van der Waals surface area contributed by atoms with Gasteiger partial charge in [-0.15, -0.1) is 0 Å². The lowest BCUT2D eigenvalue weighted by atomic mass is 9.95. The Morgan fingerprint density at radius 2 is 1.50 bits per heavy atom. The molecule has 0 saturated carbocycles. The molecule has 2 aliphatic heterocycles. The van der Waals surface area contributed by atoms with Crippen LogP contribution in [0.1, 0.15) is 6.92 Å². The monoisotopic (exact) mass is 463 g/mol. The zero-order valence-electron chi connectivity index (χ0n) is 15.6. The fourth-order valence-corrected chi connectivity index (χ4v) is 3.72. The summed E-state index contributed by atoms with van der Waals surface area (Å²) in [5, 5.41) is 61.8. The molecule has 0 radical (unpaired) electrons. The number of carbonyl (C=O) groups excluding carboxylic acids is 1. The van der Waals surface area contributed by atoms with E-state index < -0.39 is 90.9 Å². The molecular weight excluding hydrogens is 438 g/mol. The molecule has 8 N–H and O–H groups in total. The van der Waals surface area contributed by atoms with E-state index in [0.29, 0.717) is 0 Å². The molecule has 0 aromatic rings. The fourth-order valence-electron chi connectivity index (χ4n) is 3.21. The Hall–Kier alpha value is -1.02. The Morgan fingerprint density at radius 1 is 0.967 bits per heavy atom. The molecule has 2 aliphatic rings. The smallest absolute Gasteiger partial charge is 0.394 e. The number of rotatable bonds is 7. The van der Waals surface area contributed by atoms with Crippen molar-refractivity contribution in [3.05, 3.63) is 0 Å². The molecule has 0 aromatic heterocycles. The van der Waals surface area contributed by atoms with Crippen molar-refractivity contribution in [3.8, 4) is 0 Å². The number of nitrogens with one attached hydrogen (secondary N) is 1. The third kappa shape index (κ3) is 5.81. The normalized spacial score (nSPS) is 42.7. The lowest BCUT2D eigenvalue weighted by molar-refractivity contribution is -0.339. The van der Waals surface area contributed by atoms with Gasteiger partial charge in [0.05, 0.1) is 13.2 Å². The molecule has 1 amide bonds. The molecule has 0 bridgehead atoms. The van der Waals surface area contributed by atoms with Gasteiger partial charge in [-0.05, 0) is 0 Å². The summed E-state index contributed by atoms with van der Waals surface area (Å²) in [5.41, 5.74) is 0. The SMILES string of the molecule is CC(=O)N[C@H]1[C@@H](O[C@@H]2O[C@@H](CO)[C@H](O)[C@H](OS(=O)(=O)O)[C@@H]2O)[C@@H](O)[C@H](CO)O[C@@H]1O. The van der Waals surface area contributed by atoms with Crippen LogP contribution in [0.25, 0.3) is 0 Å². The number of amides is 1. The predicted octanol–water partition coefficient (Wildman–Crippen LogP) is -5.43. The average molecular weight is 463 g/mol. The molecule has 2 saturated heterocycles. The first-order valence-corrected chi connectivity index (χ1v) is 10.1. The van der Waals surface area contributed by atoms with Gasteiger partial charge in [-0.25, -0.2) is 4.18 Å². The molecule has 0 aromatic carbocycles. The first-order valence-electron chi connectivity index (χ1n) is 8.72. The highest BCUT2D eigenvalue weighted by molar-refractivity contribution is 7.80. The molecular formula is C14H25NO14S. The number of carbonyl (C=O) groups is 1. The summed E-state index contributed by atoms with van der Waals surface area (Å²) in [6.07, 6.45) is -15.8. The summed E-state index contributed by atoms with van der Waals surface area (Å²) in [7, 11) is -5.15. The summed E-state index contributed by atoms with van der Waals surface area (Å²) < 4.78 is 50.8. The van der Waals surface area contributed by atoms with Crippen molar-refractivity contribution >= 4 is 16.3 Å². The number of hydrogen-bond donors (Lipinski definition) is 8. The number of aliphatic hydroxyl groups excluding tert-OH is 6. The molecule has 2 heterocycles. The summed E-state index contributed by atoms with van der Waals surface area (Å²) in [6, 6.07) is -1.42. The molecule has 2 fully saturated rings. The molecule has 0 spiro atoms. The van der Waals surface area contributed by atoms with E-state index in [4.69, 9.17) is 18.8 Å². The van der Waals surface area contributed by atoms with Gasteiger partial charge in [-0.2, -0.15) is 8.42 Å². The Bertz CT molecular complexity index is 690. The van der Waals surface area contributed by atoms with Crippen LogP contribution in [-0.4, -0.2) is 124 Å². The van der Waals surface area contributed by atoms with Gasteiger partial charge in [0.15, 0.2) is 12.6 Å². The molecule has 16 heteroatoms. The van der Waals surface area contributed by atoms with E-state index in [1.165, 1.54) is 0 Å². The predicted molar refractivity (Wildman–Crippen MR) is 90.6 cm³/mol. The second kappa shape index (κ2) is 10.1. The quantitative estimate of drug-likeness (QED) is 0.164. The first-order chi connectivity index (χ1) is 13.9. The van der Waals surface area contributed by atoms with Crippen LogP contribution in [0.2, 0.25) is 0 Å². The molecule has 2 rings (SSSR count). The highest BCUT2D eigenvalue weighted by Gasteiger charge is 2.52. The van der Waals surface area contributed by atoms with Crippen LogP contribution < -0.4 is 5.32 Å². The van der Waals surface area contributed by atoms with Gasteiger partial charge in [0.2, 0.25) is 5.91 Å². The molecule has 15 nitrogen and oxygen atoms in total. The molecule has 176 valence electrons.